The minimum atomic E-state index is -0.817. The summed E-state index contributed by atoms with van der Waals surface area (Å²) in [6, 6.07) is 5.65. The van der Waals surface area contributed by atoms with Crippen molar-refractivity contribution in [1.29, 1.82) is 0 Å². The average Bonchev–Trinajstić information content (AvgIpc) is 2.45. The van der Waals surface area contributed by atoms with Crippen LogP contribution in [0.1, 0.15) is 33.0 Å². The number of nitrogens with zero attached hydrogens (tertiary/aromatic N) is 3. The van der Waals surface area contributed by atoms with Gasteiger partial charge in [-0.15, -0.1) is 0 Å². The number of rotatable bonds is 6. The van der Waals surface area contributed by atoms with Crippen molar-refractivity contribution >= 4 is 34.3 Å². The Labute approximate surface area is 134 Å². The zero-order valence-corrected chi connectivity index (χ0v) is 13.8. The zero-order valence-electron chi connectivity index (χ0n) is 13.0. The van der Waals surface area contributed by atoms with Gasteiger partial charge in [0.05, 0.1) is 11.9 Å². The molecule has 6 heteroatoms. The van der Waals surface area contributed by atoms with Crippen LogP contribution < -0.4 is 4.90 Å². The van der Waals surface area contributed by atoms with Crippen LogP contribution in [0.5, 0.6) is 0 Å². The Morgan fingerprint density at radius 2 is 2.09 bits per heavy atom. The fraction of sp³-hybridized carbons (Fsp3) is 0.438. The predicted octanol–water partition coefficient (Wildman–Crippen LogP) is 3.54. The van der Waals surface area contributed by atoms with Crippen LogP contribution in [0, 0.1) is 0 Å². The number of carbonyl (C=O) groups is 1. The van der Waals surface area contributed by atoms with Crippen LogP contribution in [-0.4, -0.2) is 33.6 Å². The van der Waals surface area contributed by atoms with E-state index in [2.05, 4.69) is 9.97 Å². The molecule has 0 bridgehead atoms. The van der Waals surface area contributed by atoms with E-state index in [1.807, 2.05) is 37.8 Å². The van der Waals surface area contributed by atoms with Crippen molar-refractivity contribution in [3.8, 4) is 0 Å². The number of halogens is 1. The maximum absolute atomic E-state index is 10.9. The fourth-order valence-electron chi connectivity index (χ4n) is 2.33. The summed E-state index contributed by atoms with van der Waals surface area (Å²) in [6.07, 6.45) is 0.777. The lowest BCUT2D eigenvalue weighted by molar-refractivity contribution is -0.136. The second kappa shape index (κ2) is 6.92. The Hall–Kier alpha value is -1.88. The molecule has 0 aliphatic heterocycles. The van der Waals surface area contributed by atoms with E-state index < -0.39 is 5.97 Å². The molecule has 1 N–H and O–H groups in total. The molecule has 0 saturated carbocycles. The summed E-state index contributed by atoms with van der Waals surface area (Å²) in [7, 11) is 0. The second-order valence-corrected chi connectivity index (χ2v) is 5.85. The summed E-state index contributed by atoms with van der Waals surface area (Å²) in [5.41, 5.74) is 0.787. The Bertz CT molecular complexity index is 688. The van der Waals surface area contributed by atoms with E-state index in [0.717, 1.165) is 22.5 Å². The van der Waals surface area contributed by atoms with E-state index in [4.69, 9.17) is 16.7 Å². The van der Waals surface area contributed by atoms with Gasteiger partial charge in [0.25, 0.3) is 0 Å². The van der Waals surface area contributed by atoms with Crippen molar-refractivity contribution in [3.05, 3.63) is 29.0 Å². The van der Waals surface area contributed by atoms with Gasteiger partial charge in [-0.2, -0.15) is 0 Å². The highest BCUT2D eigenvalue weighted by atomic mass is 35.5. The molecule has 0 aliphatic carbocycles. The molecule has 2 rings (SSSR count). The van der Waals surface area contributed by atoms with Gasteiger partial charge in [-0.05, 0) is 32.0 Å². The number of carboxylic acids is 1. The molecule has 0 atom stereocenters. The maximum atomic E-state index is 10.9. The van der Waals surface area contributed by atoms with Crippen LogP contribution >= 0.6 is 11.6 Å². The zero-order chi connectivity index (χ0) is 16.3. The summed E-state index contributed by atoms with van der Waals surface area (Å²) >= 11 is 6.06. The van der Waals surface area contributed by atoms with Gasteiger partial charge >= 0.3 is 5.97 Å². The molecule has 0 saturated heterocycles. The topological polar surface area (TPSA) is 66.3 Å². The molecule has 0 radical (unpaired) electrons. The molecule has 1 aromatic carbocycles. The first-order valence-corrected chi connectivity index (χ1v) is 7.74. The molecule has 0 aliphatic rings. The van der Waals surface area contributed by atoms with Crippen LogP contribution in [0.25, 0.3) is 10.9 Å². The summed E-state index contributed by atoms with van der Waals surface area (Å²) in [4.78, 5) is 22.1. The van der Waals surface area contributed by atoms with Gasteiger partial charge in [-0.1, -0.05) is 18.5 Å². The van der Waals surface area contributed by atoms with Crippen LogP contribution in [0.3, 0.4) is 0 Å². The third kappa shape index (κ3) is 3.65. The van der Waals surface area contributed by atoms with Gasteiger partial charge in [0.1, 0.15) is 11.6 Å². The maximum Gasteiger partial charge on any atom is 0.305 e. The number of aryl methyl sites for hydroxylation is 1. The van der Waals surface area contributed by atoms with Crippen LogP contribution in [0.4, 0.5) is 5.82 Å². The molecule has 0 unspecified atom stereocenters. The third-order valence-corrected chi connectivity index (χ3v) is 3.70. The molecule has 2 aromatic rings. The Morgan fingerprint density at radius 1 is 1.36 bits per heavy atom. The summed E-state index contributed by atoms with van der Waals surface area (Å²) < 4.78 is 0. The highest BCUT2D eigenvalue weighted by Gasteiger charge is 2.18. The third-order valence-electron chi connectivity index (χ3n) is 3.46. The number of aliphatic carboxylic acids is 1. The van der Waals surface area contributed by atoms with Gasteiger partial charge in [0, 0.05) is 29.4 Å². The number of benzene rings is 1. The minimum Gasteiger partial charge on any atom is -0.481 e. The first kappa shape index (κ1) is 16.5. The number of anilines is 1. The van der Waals surface area contributed by atoms with Crippen molar-refractivity contribution in [3.63, 3.8) is 0 Å². The lowest BCUT2D eigenvalue weighted by Gasteiger charge is -2.28. The van der Waals surface area contributed by atoms with Crippen molar-refractivity contribution in [1.82, 2.24) is 9.97 Å². The molecule has 0 fully saturated rings. The molecule has 1 heterocycles. The molecule has 0 amide bonds. The largest absolute Gasteiger partial charge is 0.481 e. The molecule has 22 heavy (non-hydrogen) atoms. The second-order valence-electron chi connectivity index (χ2n) is 5.41. The monoisotopic (exact) mass is 321 g/mol. The number of hydrogen-bond acceptors (Lipinski definition) is 4. The van der Waals surface area contributed by atoms with Gasteiger partial charge < -0.3 is 10.0 Å². The summed E-state index contributed by atoms with van der Waals surface area (Å²) in [5.74, 6) is 0.684. The fourth-order valence-corrected chi connectivity index (χ4v) is 2.50. The number of carboxylic acid groups (broad SMARTS) is 1. The SMILES string of the molecule is CCc1nc(N(CCC(=O)O)C(C)C)c2ccc(Cl)cc2n1. The quantitative estimate of drug-likeness (QED) is 0.881. The van der Waals surface area contributed by atoms with Crippen LogP contribution in [0.2, 0.25) is 5.02 Å². The Balaban J connectivity index is 2.56. The standard InChI is InChI=1S/C16H20ClN3O2/c1-4-14-18-13-9-11(17)5-6-12(13)16(19-14)20(10(2)3)8-7-15(21)22/h5-6,9-10H,4,7-8H2,1-3H3,(H,21,22). The number of hydrogen-bond donors (Lipinski definition) is 1. The van der Waals surface area contributed by atoms with Gasteiger partial charge in [-0.25, -0.2) is 9.97 Å². The van der Waals surface area contributed by atoms with E-state index >= 15 is 0 Å². The highest BCUT2D eigenvalue weighted by Crippen LogP contribution is 2.28. The van der Waals surface area contributed by atoms with E-state index in [1.165, 1.54) is 0 Å². The van der Waals surface area contributed by atoms with Crippen LogP contribution in [0.15, 0.2) is 18.2 Å². The van der Waals surface area contributed by atoms with Gasteiger partial charge in [0.15, 0.2) is 0 Å². The molecule has 118 valence electrons. The predicted molar refractivity (Wildman–Crippen MR) is 88.7 cm³/mol. The normalized spacial score (nSPS) is 11.1. The van der Waals surface area contributed by atoms with Crippen molar-refractivity contribution < 1.29 is 9.90 Å². The molecule has 1 aromatic heterocycles. The van der Waals surface area contributed by atoms with Crippen molar-refractivity contribution in [2.45, 2.75) is 39.7 Å². The first-order chi connectivity index (χ1) is 10.4. The minimum absolute atomic E-state index is 0.0682. The summed E-state index contributed by atoms with van der Waals surface area (Å²) in [6.45, 7) is 6.45. The molecular weight excluding hydrogens is 302 g/mol. The van der Waals surface area contributed by atoms with E-state index in [9.17, 15) is 4.79 Å². The Kier molecular flexibility index (Phi) is 5.19. The van der Waals surface area contributed by atoms with E-state index in [-0.39, 0.29) is 12.5 Å². The lowest BCUT2D eigenvalue weighted by atomic mass is 10.2. The highest BCUT2D eigenvalue weighted by molar-refractivity contribution is 6.31. The van der Waals surface area contributed by atoms with Crippen LogP contribution in [-0.2, 0) is 11.2 Å². The molecule has 0 spiro atoms. The van der Waals surface area contributed by atoms with Gasteiger partial charge in [0.2, 0.25) is 0 Å². The number of fused-ring (bicyclic) bond motifs is 1. The Morgan fingerprint density at radius 3 is 2.68 bits per heavy atom. The van der Waals surface area contributed by atoms with Crippen molar-refractivity contribution in [2.75, 3.05) is 11.4 Å². The van der Waals surface area contributed by atoms with Crippen molar-refractivity contribution in [2.24, 2.45) is 0 Å². The van der Waals surface area contributed by atoms with E-state index in [1.54, 1.807) is 6.07 Å². The number of aromatic nitrogens is 2. The molecule has 5 nitrogen and oxygen atoms in total. The lowest BCUT2D eigenvalue weighted by Crippen LogP contribution is -2.34. The van der Waals surface area contributed by atoms with E-state index in [0.29, 0.717) is 18.0 Å². The summed E-state index contributed by atoms with van der Waals surface area (Å²) in [5, 5.41) is 10.5. The smallest absolute Gasteiger partial charge is 0.305 e. The average molecular weight is 322 g/mol. The van der Waals surface area contributed by atoms with Gasteiger partial charge in [-0.3, -0.25) is 4.79 Å². The first-order valence-electron chi connectivity index (χ1n) is 7.37. The molecular formula is C16H20ClN3O2.